The van der Waals surface area contributed by atoms with Crippen LogP contribution in [0.1, 0.15) is 11.1 Å². The second kappa shape index (κ2) is 5.74. The van der Waals surface area contributed by atoms with Gasteiger partial charge in [-0.15, -0.1) is 0 Å². The van der Waals surface area contributed by atoms with Gasteiger partial charge in [0.25, 0.3) is 0 Å². The molecular formula is C15H11Br2FO2. The average molecular weight is 402 g/mol. The van der Waals surface area contributed by atoms with Crippen molar-refractivity contribution >= 4 is 31.9 Å². The standard InChI is InChI=1S/C15H11Br2FO2/c16-11-5-9-3-4-19-15(9)10(6-11)8-20-14-7-12(18)1-2-13(14)17/h1-2,5-7H,3-4,8H2. The van der Waals surface area contributed by atoms with Crippen molar-refractivity contribution in [2.45, 2.75) is 13.0 Å². The molecule has 0 fully saturated rings. The van der Waals surface area contributed by atoms with E-state index >= 15 is 0 Å². The SMILES string of the molecule is Fc1ccc(Br)c(OCc2cc(Br)cc3c2OCC3)c1. The van der Waals surface area contributed by atoms with Gasteiger partial charge in [-0.2, -0.15) is 0 Å². The summed E-state index contributed by atoms with van der Waals surface area (Å²) in [6, 6.07) is 8.41. The Labute approximate surface area is 133 Å². The number of rotatable bonds is 3. The zero-order valence-corrected chi connectivity index (χ0v) is 13.6. The summed E-state index contributed by atoms with van der Waals surface area (Å²) in [5.74, 6) is 1.05. The minimum absolute atomic E-state index is 0.320. The van der Waals surface area contributed by atoms with Gasteiger partial charge in [0.05, 0.1) is 11.1 Å². The predicted molar refractivity (Wildman–Crippen MR) is 81.8 cm³/mol. The largest absolute Gasteiger partial charge is 0.493 e. The van der Waals surface area contributed by atoms with E-state index in [1.165, 1.54) is 17.7 Å². The highest BCUT2D eigenvalue weighted by atomic mass is 79.9. The second-order valence-electron chi connectivity index (χ2n) is 4.52. The van der Waals surface area contributed by atoms with Crippen LogP contribution in [0.4, 0.5) is 4.39 Å². The molecule has 1 heterocycles. The van der Waals surface area contributed by atoms with Gasteiger partial charge in [-0.1, -0.05) is 15.9 Å². The van der Waals surface area contributed by atoms with Crippen LogP contribution < -0.4 is 9.47 Å². The number of benzene rings is 2. The number of fused-ring (bicyclic) bond motifs is 1. The molecule has 1 aliphatic rings. The highest BCUT2D eigenvalue weighted by Gasteiger charge is 2.18. The van der Waals surface area contributed by atoms with Crippen LogP contribution in [0.25, 0.3) is 0 Å². The Hall–Kier alpha value is -1.07. The third-order valence-electron chi connectivity index (χ3n) is 3.10. The molecule has 3 rings (SSSR count). The number of ether oxygens (including phenoxy) is 2. The van der Waals surface area contributed by atoms with Crippen molar-refractivity contribution in [3.63, 3.8) is 0 Å². The summed E-state index contributed by atoms with van der Waals surface area (Å²) in [5.41, 5.74) is 2.14. The quantitative estimate of drug-likeness (QED) is 0.730. The number of hydrogen-bond acceptors (Lipinski definition) is 2. The van der Waals surface area contributed by atoms with E-state index in [9.17, 15) is 4.39 Å². The molecule has 20 heavy (non-hydrogen) atoms. The molecule has 0 spiro atoms. The van der Waals surface area contributed by atoms with E-state index in [4.69, 9.17) is 9.47 Å². The van der Waals surface area contributed by atoms with Crippen LogP contribution in [0.2, 0.25) is 0 Å². The molecule has 0 unspecified atom stereocenters. The summed E-state index contributed by atoms with van der Waals surface area (Å²) in [4.78, 5) is 0. The topological polar surface area (TPSA) is 18.5 Å². The maximum Gasteiger partial charge on any atom is 0.136 e. The minimum Gasteiger partial charge on any atom is -0.493 e. The number of halogens is 3. The molecule has 0 aromatic heterocycles. The summed E-state index contributed by atoms with van der Waals surface area (Å²) in [5, 5.41) is 0. The molecule has 0 aliphatic carbocycles. The van der Waals surface area contributed by atoms with Crippen LogP contribution in [0.15, 0.2) is 39.3 Å². The summed E-state index contributed by atoms with van der Waals surface area (Å²) in [6.07, 6.45) is 0.908. The van der Waals surface area contributed by atoms with Crippen molar-refractivity contribution in [2.75, 3.05) is 6.61 Å². The maximum atomic E-state index is 13.2. The number of hydrogen-bond donors (Lipinski definition) is 0. The molecule has 2 aromatic carbocycles. The Bertz CT molecular complexity index is 659. The monoisotopic (exact) mass is 400 g/mol. The molecule has 2 aromatic rings. The van der Waals surface area contributed by atoms with E-state index in [-0.39, 0.29) is 5.82 Å². The van der Waals surface area contributed by atoms with Crippen molar-refractivity contribution in [3.05, 3.63) is 56.2 Å². The maximum absolute atomic E-state index is 13.2. The Morgan fingerprint density at radius 1 is 1.20 bits per heavy atom. The lowest BCUT2D eigenvalue weighted by atomic mass is 10.1. The highest BCUT2D eigenvalue weighted by molar-refractivity contribution is 9.10. The second-order valence-corrected chi connectivity index (χ2v) is 6.29. The molecule has 1 aliphatic heterocycles. The van der Waals surface area contributed by atoms with Gasteiger partial charge in [0.1, 0.15) is 23.9 Å². The summed E-state index contributed by atoms with van der Waals surface area (Å²) in [6.45, 7) is 1.03. The first-order valence-electron chi connectivity index (χ1n) is 6.15. The van der Waals surface area contributed by atoms with E-state index in [1.54, 1.807) is 6.07 Å². The molecule has 5 heteroatoms. The first-order valence-corrected chi connectivity index (χ1v) is 7.74. The van der Waals surface area contributed by atoms with Crippen molar-refractivity contribution < 1.29 is 13.9 Å². The van der Waals surface area contributed by atoms with Crippen molar-refractivity contribution in [1.29, 1.82) is 0 Å². The minimum atomic E-state index is -0.320. The van der Waals surface area contributed by atoms with E-state index in [0.717, 1.165) is 26.7 Å². The summed E-state index contributed by atoms with van der Waals surface area (Å²) in [7, 11) is 0. The fraction of sp³-hybridized carbons (Fsp3) is 0.200. The van der Waals surface area contributed by atoms with Crippen LogP contribution >= 0.6 is 31.9 Å². The zero-order chi connectivity index (χ0) is 14.1. The lowest BCUT2D eigenvalue weighted by Gasteiger charge is -2.12. The molecule has 0 bridgehead atoms. The van der Waals surface area contributed by atoms with Gasteiger partial charge in [0, 0.05) is 22.5 Å². The van der Waals surface area contributed by atoms with Crippen molar-refractivity contribution in [1.82, 2.24) is 0 Å². The van der Waals surface area contributed by atoms with Crippen molar-refractivity contribution in [2.24, 2.45) is 0 Å². The molecule has 0 atom stereocenters. The first-order chi connectivity index (χ1) is 9.63. The third kappa shape index (κ3) is 2.83. The predicted octanol–water partition coefficient (Wildman–Crippen LogP) is 4.86. The lowest BCUT2D eigenvalue weighted by molar-refractivity contribution is 0.289. The Morgan fingerprint density at radius 3 is 2.90 bits per heavy atom. The van der Waals surface area contributed by atoms with Gasteiger partial charge in [0.15, 0.2) is 0 Å². The van der Waals surface area contributed by atoms with Gasteiger partial charge in [-0.3, -0.25) is 0 Å². The van der Waals surface area contributed by atoms with Crippen LogP contribution in [-0.2, 0) is 13.0 Å². The lowest BCUT2D eigenvalue weighted by Crippen LogP contribution is -1.99. The molecule has 0 radical (unpaired) electrons. The molecule has 0 saturated carbocycles. The van der Waals surface area contributed by atoms with Gasteiger partial charge >= 0.3 is 0 Å². The fourth-order valence-electron chi connectivity index (χ4n) is 2.20. The van der Waals surface area contributed by atoms with Crippen LogP contribution in [0, 0.1) is 5.82 Å². The average Bonchev–Trinajstić information content (AvgIpc) is 2.87. The van der Waals surface area contributed by atoms with Crippen LogP contribution in [0.5, 0.6) is 11.5 Å². The smallest absolute Gasteiger partial charge is 0.136 e. The van der Waals surface area contributed by atoms with Gasteiger partial charge < -0.3 is 9.47 Å². The molecular weight excluding hydrogens is 391 g/mol. The molecule has 0 N–H and O–H groups in total. The molecule has 2 nitrogen and oxygen atoms in total. The van der Waals surface area contributed by atoms with E-state index in [2.05, 4.69) is 37.9 Å². The third-order valence-corrected chi connectivity index (χ3v) is 4.21. The van der Waals surface area contributed by atoms with E-state index in [0.29, 0.717) is 19.0 Å². The molecule has 104 valence electrons. The Kier molecular flexibility index (Phi) is 3.98. The molecule has 0 amide bonds. The Balaban J connectivity index is 1.84. The zero-order valence-electron chi connectivity index (χ0n) is 10.5. The summed E-state index contributed by atoms with van der Waals surface area (Å²) >= 11 is 6.84. The van der Waals surface area contributed by atoms with Crippen LogP contribution in [-0.4, -0.2) is 6.61 Å². The van der Waals surface area contributed by atoms with Crippen molar-refractivity contribution in [3.8, 4) is 11.5 Å². The summed E-state index contributed by atoms with van der Waals surface area (Å²) < 4.78 is 26.3. The van der Waals surface area contributed by atoms with Gasteiger partial charge in [-0.05, 0) is 45.8 Å². The molecule has 0 saturated heterocycles. The Morgan fingerprint density at radius 2 is 2.05 bits per heavy atom. The van der Waals surface area contributed by atoms with Crippen LogP contribution in [0.3, 0.4) is 0 Å². The van der Waals surface area contributed by atoms with E-state index in [1.807, 2.05) is 6.07 Å². The fourth-order valence-corrected chi connectivity index (χ4v) is 3.11. The van der Waals surface area contributed by atoms with Gasteiger partial charge in [0.2, 0.25) is 0 Å². The normalized spacial score (nSPS) is 12.9. The van der Waals surface area contributed by atoms with Gasteiger partial charge in [-0.25, -0.2) is 4.39 Å². The van der Waals surface area contributed by atoms with E-state index < -0.39 is 0 Å². The highest BCUT2D eigenvalue weighted by Crippen LogP contribution is 2.34. The first kappa shape index (κ1) is 13.9.